The summed E-state index contributed by atoms with van der Waals surface area (Å²) in [6.07, 6.45) is 2.84. The third-order valence-corrected chi connectivity index (χ3v) is 8.81. The number of hydrogen-bond acceptors (Lipinski definition) is 7. The van der Waals surface area contributed by atoms with Crippen LogP contribution in [-0.2, 0) is 22.6 Å². The number of thioether (sulfide) groups is 2. The first-order valence-corrected chi connectivity index (χ1v) is 13.8. The standard InChI is InChI=1S/C23H26ClN3O2S3/c1-4-10-30-22-26-20(31-13-18(28)25-15-8-6-14(24)7-9-15)19-16-11-23(3,5-2)29-12-17(16)32-21(19)27-22/h6-9H,4-5,10-13H2,1-3H3,(H,25,28). The molecule has 170 valence electrons. The summed E-state index contributed by atoms with van der Waals surface area (Å²) in [4.78, 5) is 24.5. The molecule has 0 aliphatic carbocycles. The van der Waals surface area contributed by atoms with Crippen LogP contribution in [0.5, 0.6) is 0 Å². The number of hydrogen-bond donors (Lipinski definition) is 1. The number of ether oxygens (including phenoxy) is 1. The Morgan fingerprint density at radius 3 is 2.75 bits per heavy atom. The van der Waals surface area contributed by atoms with E-state index in [1.54, 1.807) is 47.4 Å². The monoisotopic (exact) mass is 507 g/mol. The number of amides is 1. The molecule has 0 saturated carbocycles. The van der Waals surface area contributed by atoms with Crippen LogP contribution in [0.3, 0.4) is 0 Å². The molecule has 3 heterocycles. The van der Waals surface area contributed by atoms with Crippen molar-refractivity contribution in [3.05, 3.63) is 39.7 Å². The van der Waals surface area contributed by atoms with Gasteiger partial charge in [-0.15, -0.1) is 11.3 Å². The second-order valence-electron chi connectivity index (χ2n) is 7.96. The molecule has 4 rings (SSSR count). The fraction of sp³-hybridized carbons (Fsp3) is 0.435. The van der Waals surface area contributed by atoms with E-state index in [2.05, 4.69) is 26.1 Å². The number of halogens is 1. The molecular formula is C23H26ClN3O2S3. The summed E-state index contributed by atoms with van der Waals surface area (Å²) < 4.78 is 6.16. The van der Waals surface area contributed by atoms with E-state index in [4.69, 9.17) is 26.3 Å². The molecule has 0 radical (unpaired) electrons. The number of carbonyl (C=O) groups excluding carboxylic acids is 1. The highest BCUT2D eigenvalue weighted by atomic mass is 35.5. The Labute approximate surface area is 206 Å². The smallest absolute Gasteiger partial charge is 0.234 e. The summed E-state index contributed by atoms with van der Waals surface area (Å²) >= 11 is 10.8. The largest absolute Gasteiger partial charge is 0.369 e. The van der Waals surface area contributed by atoms with Crippen LogP contribution in [0.25, 0.3) is 10.2 Å². The van der Waals surface area contributed by atoms with E-state index in [0.29, 0.717) is 11.6 Å². The molecule has 1 unspecified atom stereocenters. The second kappa shape index (κ2) is 10.3. The van der Waals surface area contributed by atoms with Crippen LogP contribution in [-0.4, -0.2) is 33.0 Å². The van der Waals surface area contributed by atoms with Gasteiger partial charge < -0.3 is 10.1 Å². The summed E-state index contributed by atoms with van der Waals surface area (Å²) in [5.41, 5.74) is 1.84. The summed E-state index contributed by atoms with van der Waals surface area (Å²) in [6.45, 7) is 7.08. The van der Waals surface area contributed by atoms with Crippen molar-refractivity contribution in [3.63, 3.8) is 0 Å². The number of aromatic nitrogens is 2. The first-order valence-electron chi connectivity index (χ1n) is 10.7. The zero-order valence-electron chi connectivity index (χ0n) is 18.4. The predicted octanol–water partition coefficient (Wildman–Crippen LogP) is 6.82. The molecule has 0 saturated heterocycles. The molecule has 2 aromatic heterocycles. The van der Waals surface area contributed by atoms with Gasteiger partial charge >= 0.3 is 0 Å². The number of nitrogens with zero attached hydrogens (tertiary/aromatic N) is 2. The van der Waals surface area contributed by atoms with Crippen molar-refractivity contribution >= 4 is 68.3 Å². The summed E-state index contributed by atoms with van der Waals surface area (Å²) in [5, 5.41) is 6.33. The number of fused-ring (bicyclic) bond motifs is 3. The zero-order valence-corrected chi connectivity index (χ0v) is 21.6. The summed E-state index contributed by atoms with van der Waals surface area (Å²) in [6, 6.07) is 7.13. The van der Waals surface area contributed by atoms with Gasteiger partial charge in [-0.2, -0.15) is 0 Å². The molecule has 1 amide bonds. The van der Waals surface area contributed by atoms with Gasteiger partial charge in [0.2, 0.25) is 5.91 Å². The molecule has 32 heavy (non-hydrogen) atoms. The fourth-order valence-corrected chi connectivity index (χ4v) is 6.44. The lowest BCUT2D eigenvalue weighted by atomic mass is 9.90. The molecule has 5 nitrogen and oxygen atoms in total. The molecule has 0 bridgehead atoms. The maximum Gasteiger partial charge on any atom is 0.234 e. The van der Waals surface area contributed by atoms with E-state index >= 15 is 0 Å². The van der Waals surface area contributed by atoms with Crippen LogP contribution in [0.15, 0.2) is 34.4 Å². The minimum atomic E-state index is -0.176. The maximum atomic E-state index is 12.6. The highest BCUT2D eigenvalue weighted by molar-refractivity contribution is 8.00. The maximum absolute atomic E-state index is 12.6. The lowest BCUT2D eigenvalue weighted by Crippen LogP contribution is -2.33. The Bertz CT molecular complexity index is 1120. The molecule has 1 N–H and O–H groups in total. The third kappa shape index (κ3) is 5.42. The number of carbonyl (C=O) groups is 1. The number of nitrogens with one attached hydrogen (secondary N) is 1. The topological polar surface area (TPSA) is 64.1 Å². The van der Waals surface area contributed by atoms with E-state index in [0.717, 1.165) is 51.1 Å². The lowest BCUT2D eigenvalue weighted by Gasteiger charge is -2.33. The van der Waals surface area contributed by atoms with Gasteiger partial charge in [-0.3, -0.25) is 4.79 Å². The molecule has 1 aliphatic rings. The van der Waals surface area contributed by atoms with Crippen LogP contribution >= 0.6 is 46.5 Å². The molecule has 0 spiro atoms. The van der Waals surface area contributed by atoms with E-state index in [9.17, 15) is 4.79 Å². The van der Waals surface area contributed by atoms with Crippen LogP contribution in [0.1, 0.15) is 44.1 Å². The van der Waals surface area contributed by atoms with Crippen molar-refractivity contribution in [1.29, 1.82) is 0 Å². The number of rotatable bonds is 8. The van der Waals surface area contributed by atoms with Crippen molar-refractivity contribution in [2.75, 3.05) is 16.8 Å². The summed E-state index contributed by atoms with van der Waals surface area (Å²) in [7, 11) is 0. The van der Waals surface area contributed by atoms with E-state index in [-0.39, 0.29) is 17.3 Å². The van der Waals surface area contributed by atoms with Crippen LogP contribution in [0.2, 0.25) is 5.02 Å². The quantitative estimate of drug-likeness (QED) is 0.205. The van der Waals surface area contributed by atoms with E-state index < -0.39 is 0 Å². The van der Waals surface area contributed by atoms with Gasteiger partial charge in [-0.1, -0.05) is 49.0 Å². The van der Waals surface area contributed by atoms with Gasteiger partial charge in [0.05, 0.1) is 18.0 Å². The molecule has 3 aromatic rings. The molecule has 0 fully saturated rings. The molecule has 9 heteroatoms. The SMILES string of the molecule is CCCSc1nc(SCC(=O)Nc2ccc(Cl)cc2)c2c3c(sc2n1)COC(C)(CC)C3. The fourth-order valence-electron chi connectivity index (χ4n) is 3.47. The number of benzene rings is 1. The van der Waals surface area contributed by atoms with Gasteiger partial charge in [-0.05, 0) is 49.6 Å². The normalized spacial score (nSPS) is 18.0. The van der Waals surface area contributed by atoms with Crippen LogP contribution in [0, 0.1) is 0 Å². The Hall–Kier alpha value is -1.32. The highest BCUT2D eigenvalue weighted by Gasteiger charge is 2.33. The molecule has 1 aromatic carbocycles. The second-order valence-corrected chi connectivity index (χ2v) is 11.5. The van der Waals surface area contributed by atoms with Crippen molar-refractivity contribution < 1.29 is 9.53 Å². The third-order valence-electron chi connectivity index (χ3n) is 5.43. The Morgan fingerprint density at radius 2 is 2.03 bits per heavy atom. The lowest BCUT2D eigenvalue weighted by molar-refractivity contribution is -0.113. The molecule has 1 atom stereocenters. The van der Waals surface area contributed by atoms with Crippen LogP contribution < -0.4 is 5.32 Å². The minimum absolute atomic E-state index is 0.0716. The predicted molar refractivity (Wildman–Crippen MR) is 136 cm³/mol. The van der Waals surface area contributed by atoms with Gasteiger partial charge in [0.1, 0.15) is 9.86 Å². The molecule has 1 aliphatic heterocycles. The average molecular weight is 508 g/mol. The zero-order chi connectivity index (χ0) is 22.7. The van der Waals surface area contributed by atoms with Crippen molar-refractivity contribution in [1.82, 2.24) is 9.97 Å². The Kier molecular flexibility index (Phi) is 7.67. The molecular weight excluding hydrogens is 482 g/mol. The first-order chi connectivity index (χ1) is 15.4. The van der Waals surface area contributed by atoms with Gasteiger partial charge in [0.25, 0.3) is 0 Å². The van der Waals surface area contributed by atoms with E-state index in [1.807, 2.05) is 0 Å². The van der Waals surface area contributed by atoms with E-state index in [1.165, 1.54) is 22.2 Å². The van der Waals surface area contributed by atoms with Crippen molar-refractivity contribution in [2.24, 2.45) is 0 Å². The van der Waals surface area contributed by atoms with Crippen molar-refractivity contribution in [2.45, 2.75) is 62.4 Å². The van der Waals surface area contributed by atoms with Gasteiger partial charge in [0, 0.05) is 33.1 Å². The summed E-state index contributed by atoms with van der Waals surface area (Å²) in [5.74, 6) is 1.17. The Balaban J connectivity index is 1.61. The van der Waals surface area contributed by atoms with Gasteiger partial charge in [-0.25, -0.2) is 9.97 Å². The van der Waals surface area contributed by atoms with Crippen LogP contribution in [0.4, 0.5) is 5.69 Å². The first kappa shape index (κ1) is 23.8. The van der Waals surface area contributed by atoms with Crippen molar-refractivity contribution in [3.8, 4) is 0 Å². The highest BCUT2D eigenvalue weighted by Crippen LogP contribution is 2.43. The number of thiophene rings is 1. The van der Waals surface area contributed by atoms with Gasteiger partial charge in [0.15, 0.2) is 5.16 Å². The average Bonchev–Trinajstić information content (AvgIpc) is 3.15. The Morgan fingerprint density at radius 1 is 1.25 bits per heavy atom. The minimum Gasteiger partial charge on any atom is -0.369 e. The number of anilines is 1.